The fourth-order valence-corrected chi connectivity index (χ4v) is 3.67. The predicted molar refractivity (Wildman–Crippen MR) is 118 cm³/mol. The highest BCUT2D eigenvalue weighted by atomic mass is 32.1. The summed E-state index contributed by atoms with van der Waals surface area (Å²) in [5.74, 6) is 2.00. The van der Waals surface area contributed by atoms with Crippen molar-refractivity contribution < 1.29 is 19.0 Å². The molecule has 0 radical (unpaired) electrons. The average Bonchev–Trinajstić information content (AvgIpc) is 3.25. The molecule has 0 aliphatic rings. The molecule has 158 valence electrons. The van der Waals surface area contributed by atoms with Crippen molar-refractivity contribution in [2.45, 2.75) is 13.8 Å². The molecule has 0 saturated carbocycles. The van der Waals surface area contributed by atoms with E-state index in [2.05, 4.69) is 24.0 Å². The van der Waals surface area contributed by atoms with Gasteiger partial charge in [-0.1, -0.05) is 43.4 Å². The van der Waals surface area contributed by atoms with Gasteiger partial charge in [-0.25, -0.2) is 0 Å². The van der Waals surface area contributed by atoms with Crippen molar-refractivity contribution in [3.63, 3.8) is 0 Å². The van der Waals surface area contributed by atoms with Gasteiger partial charge in [0.05, 0.1) is 14.2 Å². The fraction of sp³-hybridized carbons (Fsp3) is 0.318. The zero-order valence-electron chi connectivity index (χ0n) is 17.5. The summed E-state index contributed by atoms with van der Waals surface area (Å²) in [5, 5.41) is 9.78. The Hall–Kier alpha value is -3.13. The molecule has 7 nitrogen and oxygen atoms in total. The van der Waals surface area contributed by atoms with Crippen LogP contribution in [0.15, 0.2) is 48.5 Å². The number of anilines is 1. The predicted octanol–water partition coefficient (Wildman–Crippen LogP) is 4.29. The largest absolute Gasteiger partial charge is 0.493 e. The van der Waals surface area contributed by atoms with E-state index in [1.54, 1.807) is 19.1 Å². The van der Waals surface area contributed by atoms with Crippen LogP contribution in [-0.2, 0) is 4.79 Å². The van der Waals surface area contributed by atoms with Crippen molar-refractivity contribution in [2.75, 3.05) is 32.3 Å². The van der Waals surface area contributed by atoms with Gasteiger partial charge >= 0.3 is 0 Å². The molecule has 0 unspecified atom stereocenters. The zero-order chi connectivity index (χ0) is 21.5. The average molecular weight is 428 g/mol. The highest BCUT2D eigenvalue weighted by molar-refractivity contribution is 7.18. The van der Waals surface area contributed by atoms with Crippen molar-refractivity contribution in [1.82, 2.24) is 10.2 Å². The number of nitrogens with zero attached hydrogens (tertiary/aromatic N) is 3. The summed E-state index contributed by atoms with van der Waals surface area (Å²) >= 11 is 1.35. The summed E-state index contributed by atoms with van der Waals surface area (Å²) in [6.45, 7) is 4.56. The number of para-hydroxylation sites is 1. The van der Waals surface area contributed by atoms with Gasteiger partial charge in [0.2, 0.25) is 5.13 Å². The van der Waals surface area contributed by atoms with Gasteiger partial charge in [-0.3, -0.25) is 9.69 Å². The summed E-state index contributed by atoms with van der Waals surface area (Å²) in [7, 11) is 3.18. The molecule has 0 fully saturated rings. The number of hydrogen-bond donors (Lipinski definition) is 0. The van der Waals surface area contributed by atoms with Gasteiger partial charge < -0.3 is 14.2 Å². The molecule has 1 amide bonds. The molecule has 0 N–H and O–H groups in total. The first-order valence-electron chi connectivity index (χ1n) is 9.56. The van der Waals surface area contributed by atoms with Crippen LogP contribution >= 0.6 is 11.3 Å². The molecule has 0 spiro atoms. The number of rotatable bonds is 9. The van der Waals surface area contributed by atoms with Crippen LogP contribution in [0.1, 0.15) is 13.8 Å². The van der Waals surface area contributed by atoms with Gasteiger partial charge in [-0.2, -0.15) is 0 Å². The summed E-state index contributed by atoms with van der Waals surface area (Å²) in [6.07, 6.45) is 0. The standard InChI is InChI=1S/C22H25N3O4S/c1-15(2)13-25(20(26)14-29-17-8-6-5-7-9-17)22-24-23-21(30-22)16-10-11-18(27-3)19(12-16)28-4/h5-12,15H,13-14H2,1-4H3. The van der Waals surface area contributed by atoms with Crippen LogP contribution in [0.4, 0.5) is 5.13 Å². The molecule has 1 aromatic heterocycles. The molecule has 0 atom stereocenters. The van der Waals surface area contributed by atoms with Crippen LogP contribution in [0.25, 0.3) is 10.6 Å². The first kappa shape index (κ1) is 21.6. The van der Waals surface area contributed by atoms with Crippen LogP contribution in [0.2, 0.25) is 0 Å². The third kappa shape index (κ3) is 5.27. The Morgan fingerprint density at radius 1 is 1.03 bits per heavy atom. The van der Waals surface area contributed by atoms with Crippen LogP contribution < -0.4 is 19.1 Å². The fourth-order valence-electron chi connectivity index (χ4n) is 2.80. The third-order valence-electron chi connectivity index (χ3n) is 4.23. The van der Waals surface area contributed by atoms with Crippen LogP contribution in [0.5, 0.6) is 17.2 Å². The van der Waals surface area contributed by atoms with Crippen molar-refractivity contribution in [1.29, 1.82) is 0 Å². The van der Waals surface area contributed by atoms with E-state index >= 15 is 0 Å². The Labute approximate surface area is 180 Å². The second-order valence-electron chi connectivity index (χ2n) is 6.96. The van der Waals surface area contributed by atoms with E-state index in [4.69, 9.17) is 14.2 Å². The van der Waals surface area contributed by atoms with Gasteiger partial charge in [0.15, 0.2) is 18.1 Å². The first-order valence-corrected chi connectivity index (χ1v) is 10.4. The van der Waals surface area contributed by atoms with Crippen molar-refractivity contribution in [3.05, 3.63) is 48.5 Å². The topological polar surface area (TPSA) is 73.8 Å². The molecule has 1 heterocycles. The van der Waals surface area contributed by atoms with Gasteiger partial charge in [-0.05, 0) is 36.2 Å². The molecule has 2 aromatic carbocycles. The van der Waals surface area contributed by atoms with Crippen LogP contribution in [0, 0.1) is 5.92 Å². The highest BCUT2D eigenvalue weighted by Crippen LogP contribution is 2.35. The van der Waals surface area contributed by atoms with E-state index in [1.807, 2.05) is 48.5 Å². The van der Waals surface area contributed by atoms with Crippen LogP contribution in [-0.4, -0.2) is 43.5 Å². The molecule has 3 rings (SSSR count). The molecule has 0 saturated heterocycles. The molecular formula is C22H25N3O4S. The van der Waals surface area contributed by atoms with E-state index in [1.165, 1.54) is 11.3 Å². The Morgan fingerprint density at radius 2 is 1.77 bits per heavy atom. The minimum absolute atomic E-state index is 0.0675. The van der Waals surface area contributed by atoms with Gasteiger partial charge in [0.1, 0.15) is 10.8 Å². The van der Waals surface area contributed by atoms with E-state index in [9.17, 15) is 4.79 Å². The van der Waals surface area contributed by atoms with Crippen molar-refractivity contribution in [2.24, 2.45) is 5.92 Å². The number of carbonyl (C=O) groups is 1. The number of hydrogen-bond acceptors (Lipinski definition) is 7. The summed E-state index contributed by atoms with van der Waals surface area (Å²) in [6, 6.07) is 14.8. The Kier molecular flexibility index (Phi) is 7.24. The normalized spacial score (nSPS) is 10.7. The van der Waals surface area contributed by atoms with Gasteiger partial charge in [-0.15, -0.1) is 10.2 Å². The summed E-state index contributed by atoms with van der Waals surface area (Å²) < 4.78 is 16.3. The van der Waals surface area contributed by atoms with Crippen molar-refractivity contribution in [3.8, 4) is 27.8 Å². The lowest BCUT2D eigenvalue weighted by atomic mass is 10.2. The second-order valence-corrected chi connectivity index (χ2v) is 7.92. The molecule has 30 heavy (non-hydrogen) atoms. The Balaban J connectivity index is 1.80. The third-order valence-corrected chi connectivity index (χ3v) is 5.23. The van der Waals surface area contributed by atoms with Gasteiger partial charge in [0.25, 0.3) is 5.91 Å². The number of ether oxygens (including phenoxy) is 3. The number of aromatic nitrogens is 2. The zero-order valence-corrected chi connectivity index (χ0v) is 18.3. The molecule has 8 heteroatoms. The summed E-state index contributed by atoms with van der Waals surface area (Å²) in [5.41, 5.74) is 0.842. The van der Waals surface area contributed by atoms with E-state index in [0.717, 1.165) is 5.56 Å². The maximum atomic E-state index is 12.9. The smallest absolute Gasteiger partial charge is 0.266 e. The first-order chi connectivity index (χ1) is 14.5. The minimum Gasteiger partial charge on any atom is -0.493 e. The lowest BCUT2D eigenvalue weighted by Gasteiger charge is -2.21. The van der Waals surface area contributed by atoms with E-state index in [0.29, 0.717) is 33.9 Å². The maximum absolute atomic E-state index is 12.9. The quantitative estimate of drug-likeness (QED) is 0.507. The Morgan fingerprint density at radius 3 is 2.43 bits per heavy atom. The van der Waals surface area contributed by atoms with E-state index in [-0.39, 0.29) is 18.4 Å². The second kappa shape index (κ2) is 10.1. The molecule has 0 aliphatic carbocycles. The monoisotopic (exact) mass is 427 g/mol. The number of carbonyl (C=O) groups excluding carboxylic acids is 1. The van der Waals surface area contributed by atoms with Crippen LogP contribution in [0.3, 0.4) is 0 Å². The lowest BCUT2D eigenvalue weighted by Crippen LogP contribution is -2.37. The number of amides is 1. The Bertz CT molecular complexity index is 976. The molecule has 0 aliphatic heterocycles. The highest BCUT2D eigenvalue weighted by Gasteiger charge is 2.22. The molecule has 3 aromatic rings. The SMILES string of the molecule is COc1ccc(-c2nnc(N(CC(C)C)C(=O)COc3ccccc3)s2)cc1OC. The number of benzene rings is 2. The lowest BCUT2D eigenvalue weighted by molar-refractivity contribution is -0.120. The number of methoxy groups -OCH3 is 2. The molecular weight excluding hydrogens is 402 g/mol. The van der Waals surface area contributed by atoms with Gasteiger partial charge in [0, 0.05) is 12.1 Å². The van der Waals surface area contributed by atoms with E-state index < -0.39 is 0 Å². The minimum atomic E-state index is -0.164. The summed E-state index contributed by atoms with van der Waals surface area (Å²) in [4.78, 5) is 14.5. The maximum Gasteiger partial charge on any atom is 0.266 e. The molecule has 0 bridgehead atoms. The van der Waals surface area contributed by atoms with Crippen molar-refractivity contribution >= 4 is 22.4 Å².